The van der Waals surface area contributed by atoms with E-state index in [1.165, 1.54) is 36.7 Å². The summed E-state index contributed by atoms with van der Waals surface area (Å²) in [5, 5.41) is 13.9. The van der Waals surface area contributed by atoms with Crippen LogP contribution in [0.15, 0.2) is 30.3 Å². The molecule has 0 spiro atoms. The minimum absolute atomic E-state index is 0.0153. The van der Waals surface area contributed by atoms with E-state index < -0.39 is 16.8 Å². The van der Waals surface area contributed by atoms with E-state index in [1.54, 1.807) is 18.2 Å². The molecule has 2 heterocycles. The maximum atomic E-state index is 12.3. The number of nitrogens with zero attached hydrogens (tertiary/aromatic N) is 2. The number of methoxy groups -OCH3 is 1. The Kier molecular flexibility index (Phi) is 5.86. The summed E-state index contributed by atoms with van der Waals surface area (Å²) >= 11 is 1.38. The molecule has 0 atom stereocenters. The predicted molar refractivity (Wildman–Crippen MR) is 106 cm³/mol. The number of ether oxygens (including phenoxy) is 1. The maximum Gasteiger partial charge on any atom is 0.341 e. The van der Waals surface area contributed by atoms with E-state index in [0.717, 1.165) is 30.0 Å². The van der Waals surface area contributed by atoms with Gasteiger partial charge in [-0.3, -0.25) is 14.9 Å². The Hall–Kier alpha value is -3.04. The normalized spacial score (nSPS) is 13.9. The Bertz CT molecular complexity index is 949. The van der Waals surface area contributed by atoms with Crippen molar-refractivity contribution < 1.29 is 19.2 Å². The first-order valence-corrected chi connectivity index (χ1v) is 9.35. The molecule has 1 aliphatic heterocycles. The van der Waals surface area contributed by atoms with Crippen LogP contribution in [0.4, 0.5) is 10.7 Å². The molecular weight excluding hydrogens is 382 g/mol. The number of likely N-dealkylation sites (N-methyl/N-ethyl adjacent to an activating group) is 1. The number of non-ortho nitro benzene ring substituents is 1. The van der Waals surface area contributed by atoms with E-state index in [9.17, 15) is 19.7 Å². The van der Waals surface area contributed by atoms with Gasteiger partial charge in [-0.1, -0.05) is 0 Å². The molecule has 0 unspecified atom stereocenters. The number of nitrogens with one attached hydrogen (secondary N) is 1. The zero-order valence-electron chi connectivity index (χ0n) is 15.4. The summed E-state index contributed by atoms with van der Waals surface area (Å²) in [6.07, 6.45) is 3.60. The fourth-order valence-corrected chi connectivity index (χ4v) is 4.29. The molecular formula is C19H19N3O5S. The van der Waals surface area contributed by atoms with Crippen molar-refractivity contribution in [2.24, 2.45) is 0 Å². The number of amides is 1. The number of anilines is 1. The van der Waals surface area contributed by atoms with Gasteiger partial charge in [0, 0.05) is 36.2 Å². The average molecular weight is 401 g/mol. The molecule has 0 bridgehead atoms. The van der Waals surface area contributed by atoms with Crippen LogP contribution in [0.25, 0.3) is 6.08 Å². The smallest absolute Gasteiger partial charge is 0.341 e. The number of hydrogen-bond donors (Lipinski definition) is 1. The standard InChI is InChI=1S/C19H19N3O5S/c1-21-10-9-14-15(11-21)28-18(17(14)19(24)27-2)20-16(23)8-5-12-3-6-13(7-4-12)22(25)26/h3-8H,9-11H2,1-2H3,(H,20,23)/b8-5-. The van der Waals surface area contributed by atoms with E-state index in [0.29, 0.717) is 16.1 Å². The third-order valence-electron chi connectivity index (χ3n) is 4.41. The Balaban J connectivity index is 1.78. The van der Waals surface area contributed by atoms with E-state index in [1.807, 2.05) is 7.05 Å². The van der Waals surface area contributed by atoms with Gasteiger partial charge >= 0.3 is 5.97 Å². The number of thiophene rings is 1. The molecule has 0 radical (unpaired) electrons. The zero-order chi connectivity index (χ0) is 20.3. The minimum Gasteiger partial charge on any atom is -0.465 e. The second-order valence-corrected chi connectivity index (χ2v) is 7.46. The highest BCUT2D eigenvalue weighted by molar-refractivity contribution is 7.17. The van der Waals surface area contributed by atoms with Crippen molar-refractivity contribution in [1.29, 1.82) is 0 Å². The molecule has 0 fully saturated rings. The first-order valence-electron chi connectivity index (χ1n) is 8.54. The molecule has 1 N–H and O–H groups in total. The lowest BCUT2D eigenvalue weighted by Crippen LogP contribution is -2.26. The van der Waals surface area contributed by atoms with Crippen LogP contribution in [-0.2, 0) is 22.5 Å². The van der Waals surface area contributed by atoms with Gasteiger partial charge < -0.3 is 15.0 Å². The molecule has 8 nitrogen and oxygen atoms in total. The molecule has 0 saturated carbocycles. The van der Waals surface area contributed by atoms with Crippen molar-refractivity contribution in [2.75, 3.05) is 26.0 Å². The molecule has 3 rings (SSSR count). The molecule has 1 aromatic heterocycles. The average Bonchev–Trinajstić information content (AvgIpc) is 3.02. The molecule has 9 heteroatoms. The van der Waals surface area contributed by atoms with Gasteiger partial charge in [-0.15, -0.1) is 11.3 Å². The summed E-state index contributed by atoms with van der Waals surface area (Å²) in [6, 6.07) is 5.86. The minimum atomic E-state index is -0.482. The number of carbonyl (C=O) groups is 2. The van der Waals surface area contributed by atoms with Crippen LogP contribution in [-0.4, -0.2) is 42.4 Å². The van der Waals surface area contributed by atoms with E-state index >= 15 is 0 Å². The van der Waals surface area contributed by atoms with Gasteiger partial charge in [0.15, 0.2) is 0 Å². The van der Waals surface area contributed by atoms with Crippen LogP contribution in [0, 0.1) is 10.1 Å². The summed E-state index contributed by atoms with van der Waals surface area (Å²) in [7, 11) is 3.33. The van der Waals surface area contributed by atoms with Crippen molar-refractivity contribution in [2.45, 2.75) is 13.0 Å². The number of carbonyl (C=O) groups excluding carboxylic acids is 2. The molecule has 146 valence electrons. The van der Waals surface area contributed by atoms with Gasteiger partial charge in [0.1, 0.15) is 5.00 Å². The molecule has 2 aromatic rings. The lowest BCUT2D eigenvalue weighted by Gasteiger charge is -2.22. The Morgan fingerprint density at radius 3 is 2.68 bits per heavy atom. The van der Waals surface area contributed by atoms with Crippen molar-refractivity contribution in [3.8, 4) is 0 Å². The monoisotopic (exact) mass is 401 g/mol. The Labute approximate surface area is 165 Å². The third-order valence-corrected chi connectivity index (χ3v) is 5.54. The van der Waals surface area contributed by atoms with Crippen molar-refractivity contribution in [3.05, 3.63) is 62.0 Å². The van der Waals surface area contributed by atoms with Crippen LogP contribution >= 0.6 is 11.3 Å². The lowest BCUT2D eigenvalue weighted by atomic mass is 10.0. The Morgan fingerprint density at radius 1 is 1.32 bits per heavy atom. The quantitative estimate of drug-likeness (QED) is 0.358. The van der Waals surface area contributed by atoms with Gasteiger partial charge in [-0.2, -0.15) is 0 Å². The van der Waals surface area contributed by atoms with Crippen LogP contribution in [0.2, 0.25) is 0 Å². The summed E-state index contributed by atoms with van der Waals surface area (Å²) in [4.78, 5) is 38.0. The van der Waals surface area contributed by atoms with E-state index in [4.69, 9.17) is 4.74 Å². The molecule has 0 saturated heterocycles. The number of benzene rings is 1. The predicted octanol–water partition coefficient (Wildman–Crippen LogP) is 3.08. The van der Waals surface area contributed by atoms with Gasteiger partial charge in [0.25, 0.3) is 5.69 Å². The van der Waals surface area contributed by atoms with Crippen molar-refractivity contribution >= 4 is 40.0 Å². The topological polar surface area (TPSA) is 102 Å². The van der Waals surface area contributed by atoms with Crippen LogP contribution < -0.4 is 5.32 Å². The number of hydrogen-bond acceptors (Lipinski definition) is 7. The third kappa shape index (κ3) is 4.26. The SMILES string of the molecule is COC(=O)c1c(NC(=O)/C=C\c2ccc([N+](=O)[O-])cc2)sc2c1CCN(C)C2. The van der Waals surface area contributed by atoms with Crippen molar-refractivity contribution in [1.82, 2.24) is 4.90 Å². The Morgan fingerprint density at radius 2 is 2.04 bits per heavy atom. The van der Waals surface area contributed by atoms with Gasteiger partial charge in [0.05, 0.1) is 17.6 Å². The largest absolute Gasteiger partial charge is 0.465 e. The molecule has 1 aromatic carbocycles. The second-order valence-electron chi connectivity index (χ2n) is 6.36. The van der Waals surface area contributed by atoms with Crippen LogP contribution in [0.5, 0.6) is 0 Å². The van der Waals surface area contributed by atoms with Gasteiger partial charge in [-0.25, -0.2) is 4.79 Å². The number of fused-ring (bicyclic) bond motifs is 1. The summed E-state index contributed by atoms with van der Waals surface area (Å²) in [5.41, 5.74) is 2.00. The maximum absolute atomic E-state index is 12.3. The van der Waals surface area contributed by atoms with Crippen molar-refractivity contribution in [3.63, 3.8) is 0 Å². The van der Waals surface area contributed by atoms with Gasteiger partial charge in [-0.05, 0) is 42.8 Å². The van der Waals surface area contributed by atoms with Crippen LogP contribution in [0.1, 0.15) is 26.4 Å². The number of rotatable bonds is 5. The number of nitro benzene ring substituents is 1. The molecule has 1 amide bonds. The highest BCUT2D eigenvalue weighted by atomic mass is 32.1. The lowest BCUT2D eigenvalue weighted by molar-refractivity contribution is -0.384. The number of nitro groups is 1. The second kappa shape index (κ2) is 8.32. The summed E-state index contributed by atoms with van der Waals surface area (Å²) in [6.45, 7) is 1.56. The first kappa shape index (κ1) is 19.7. The zero-order valence-corrected chi connectivity index (χ0v) is 16.2. The fourth-order valence-electron chi connectivity index (χ4n) is 2.97. The highest BCUT2D eigenvalue weighted by Crippen LogP contribution is 2.37. The highest BCUT2D eigenvalue weighted by Gasteiger charge is 2.28. The van der Waals surface area contributed by atoms with E-state index in [2.05, 4.69) is 10.2 Å². The van der Waals surface area contributed by atoms with Crippen LogP contribution in [0.3, 0.4) is 0 Å². The summed E-state index contributed by atoms with van der Waals surface area (Å²) < 4.78 is 4.90. The number of esters is 1. The summed E-state index contributed by atoms with van der Waals surface area (Å²) in [5.74, 6) is -0.854. The first-order chi connectivity index (χ1) is 13.4. The molecule has 28 heavy (non-hydrogen) atoms. The van der Waals surface area contributed by atoms with Gasteiger partial charge in [0.2, 0.25) is 5.91 Å². The molecule has 0 aliphatic carbocycles. The molecule has 1 aliphatic rings. The fraction of sp³-hybridized carbons (Fsp3) is 0.263. The van der Waals surface area contributed by atoms with E-state index in [-0.39, 0.29) is 5.69 Å².